The van der Waals surface area contributed by atoms with Gasteiger partial charge in [-0.1, -0.05) is 13.3 Å². The van der Waals surface area contributed by atoms with E-state index in [1.54, 1.807) is 18.5 Å². The summed E-state index contributed by atoms with van der Waals surface area (Å²) in [5.41, 5.74) is 1.73. The molecule has 0 aromatic carbocycles. The second-order valence-corrected chi connectivity index (χ2v) is 5.07. The van der Waals surface area contributed by atoms with E-state index in [0.717, 1.165) is 28.6 Å². The Labute approximate surface area is 120 Å². The lowest BCUT2D eigenvalue weighted by Gasteiger charge is -2.08. The Morgan fingerprint density at radius 2 is 2.11 bits per heavy atom. The summed E-state index contributed by atoms with van der Waals surface area (Å²) in [5.74, 6) is 1.09. The average Bonchev–Trinajstić information content (AvgIpc) is 2.39. The highest BCUT2D eigenvalue weighted by Crippen LogP contribution is 2.23. The average molecular weight is 323 g/mol. The Bertz CT molecular complexity index is 561. The third-order valence-corrected chi connectivity index (χ3v) is 2.94. The number of aliphatic hydroxyl groups is 1. The topological polar surface area (TPSA) is 55.2 Å². The number of hydrogen-bond donors (Lipinski definition) is 1. The molecule has 2 aromatic heterocycles. The van der Waals surface area contributed by atoms with Gasteiger partial charge in [-0.15, -0.1) is 0 Å². The van der Waals surface area contributed by atoms with Crippen LogP contribution in [0, 0.1) is 0 Å². The highest BCUT2D eigenvalue weighted by molar-refractivity contribution is 9.10. The summed E-state index contributed by atoms with van der Waals surface area (Å²) < 4.78 is 6.52. The lowest BCUT2D eigenvalue weighted by Crippen LogP contribution is -1.97. The van der Waals surface area contributed by atoms with Gasteiger partial charge in [-0.25, -0.2) is 4.98 Å². The van der Waals surface area contributed by atoms with Gasteiger partial charge in [0.1, 0.15) is 5.75 Å². The molecule has 0 saturated carbocycles. The Morgan fingerprint density at radius 3 is 2.79 bits per heavy atom. The Hall–Kier alpha value is -1.46. The van der Waals surface area contributed by atoms with E-state index < -0.39 is 0 Å². The van der Waals surface area contributed by atoms with E-state index in [2.05, 4.69) is 32.8 Å². The second-order valence-electron chi connectivity index (χ2n) is 4.15. The van der Waals surface area contributed by atoms with Crippen LogP contribution >= 0.6 is 15.9 Å². The van der Waals surface area contributed by atoms with Crippen molar-refractivity contribution in [3.05, 3.63) is 46.3 Å². The summed E-state index contributed by atoms with van der Waals surface area (Å²) in [7, 11) is 0. The molecule has 0 aliphatic heterocycles. The molecule has 2 rings (SSSR count). The number of rotatable bonds is 5. The Morgan fingerprint density at radius 1 is 1.26 bits per heavy atom. The smallest absolute Gasteiger partial charge is 0.219 e. The SMILES string of the molecule is CCCc1cc(CO)cc(Oc2cncc(Br)c2)n1. The summed E-state index contributed by atoms with van der Waals surface area (Å²) in [6, 6.07) is 5.45. The van der Waals surface area contributed by atoms with Gasteiger partial charge in [0, 0.05) is 22.4 Å². The minimum atomic E-state index is -0.0215. The van der Waals surface area contributed by atoms with Crippen LogP contribution in [-0.4, -0.2) is 15.1 Å². The summed E-state index contributed by atoms with van der Waals surface area (Å²) in [6.07, 6.45) is 5.17. The predicted molar refractivity (Wildman–Crippen MR) is 76.2 cm³/mol. The first-order valence-electron chi connectivity index (χ1n) is 6.10. The van der Waals surface area contributed by atoms with Crippen molar-refractivity contribution in [1.29, 1.82) is 0 Å². The molecule has 5 heteroatoms. The lowest BCUT2D eigenvalue weighted by atomic mass is 10.2. The van der Waals surface area contributed by atoms with Crippen LogP contribution in [0.15, 0.2) is 35.1 Å². The second kappa shape index (κ2) is 6.63. The highest BCUT2D eigenvalue weighted by atomic mass is 79.9. The normalized spacial score (nSPS) is 10.5. The van der Waals surface area contributed by atoms with Gasteiger partial charge < -0.3 is 9.84 Å². The van der Waals surface area contributed by atoms with Crippen LogP contribution in [0.2, 0.25) is 0 Å². The first-order valence-corrected chi connectivity index (χ1v) is 6.89. The molecular formula is C14H15BrN2O2. The number of nitrogens with zero attached hydrogens (tertiary/aromatic N) is 2. The molecule has 0 amide bonds. The van der Waals surface area contributed by atoms with Crippen LogP contribution in [-0.2, 0) is 13.0 Å². The number of pyridine rings is 2. The fraction of sp³-hybridized carbons (Fsp3) is 0.286. The lowest BCUT2D eigenvalue weighted by molar-refractivity contribution is 0.280. The molecule has 0 saturated heterocycles. The number of ether oxygens (including phenoxy) is 1. The van der Waals surface area contributed by atoms with E-state index in [4.69, 9.17) is 4.74 Å². The minimum absolute atomic E-state index is 0.0215. The maximum Gasteiger partial charge on any atom is 0.219 e. The molecule has 0 atom stereocenters. The number of halogens is 1. The van der Waals surface area contributed by atoms with E-state index >= 15 is 0 Å². The molecule has 2 aromatic rings. The van der Waals surface area contributed by atoms with Gasteiger partial charge in [0.15, 0.2) is 0 Å². The largest absolute Gasteiger partial charge is 0.437 e. The maximum atomic E-state index is 9.26. The zero-order chi connectivity index (χ0) is 13.7. The van der Waals surface area contributed by atoms with E-state index in [0.29, 0.717) is 11.6 Å². The standard InChI is InChI=1S/C14H15BrN2O2/c1-2-3-12-4-10(9-18)5-14(17-12)19-13-6-11(15)7-16-8-13/h4-8,18H,2-3,9H2,1H3. The van der Waals surface area contributed by atoms with Crippen molar-refractivity contribution in [2.75, 3.05) is 0 Å². The van der Waals surface area contributed by atoms with E-state index in [1.165, 1.54) is 0 Å². The number of hydrogen-bond acceptors (Lipinski definition) is 4. The summed E-state index contributed by atoms with van der Waals surface area (Å²) in [5, 5.41) is 9.26. The van der Waals surface area contributed by atoms with Crippen molar-refractivity contribution in [3.63, 3.8) is 0 Å². The molecule has 2 heterocycles. The Balaban J connectivity index is 2.26. The third kappa shape index (κ3) is 4.01. The molecule has 0 aliphatic rings. The quantitative estimate of drug-likeness (QED) is 0.915. The van der Waals surface area contributed by atoms with Crippen molar-refractivity contribution in [2.45, 2.75) is 26.4 Å². The number of aromatic nitrogens is 2. The molecule has 1 N–H and O–H groups in total. The highest BCUT2D eigenvalue weighted by Gasteiger charge is 2.05. The zero-order valence-electron chi connectivity index (χ0n) is 10.6. The summed E-state index contributed by atoms with van der Waals surface area (Å²) in [4.78, 5) is 8.45. The van der Waals surface area contributed by atoms with Crippen LogP contribution in [0.25, 0.3) is 0 Å². The first-order chi connectivity index (χ1) is 9.21. The predicted octanol–water partition coefficient (Wildman–Crippen LogP) is 3.48. The van der Waals surface area contributed by atoms with Crippen molar-refractivity contribution in [1.82, 2.24) is 9.97 Å². The zero-order valence-corrected chi connectivity index (χ0v) is 12.2. The van der Waals surface area contributed by atoms with Crippen LogP contribution in [0.1, 0.15) is 24.6 Å². The Kier molecular flexibility index (Phi) is 4.87. The van der Waals surface area contributed by atoms with Gasteiger partial charge in [-0.2, -0.15) is 0 Å². The molecular weight excluding hydrogens is 308 g/mol. The van der Waals surface area contributed by atoms with Crippen LogP contribution in [0.5, 0.6) is 11.6 Å². The first kappa shape index (κ1) is 14.0. The van der Waals surface area contributed by atoms with Gasteiger partial charge in [0.05, 0.1) is 12.8 Å². The van der Waals surface area contributed by atoms with Gasteiger partial charge in [0.25, 0.3) is 0 Å². The fourth-order valence-corrected chi connectivity index (χ4v) is 2.06. The van der Waals surface area contributed by atoms with Crippen LogP contribution < -0.4 is 4.74 Å². The molecule has 0 fully saturated rings. The summed E-state index contributed by atoms with van der Waals surface area (Å²) >= 11 is 3.34. The third-order valence-electron chi connectivity index (χ3n) is 2.51. The van der Waals surface area contributed by atoms with E-state index in [-0.39, 0.29) is 6.61 Å². The molecule has 0 spiro atoms. The van der Waals surface area contributed by atoms with Gasteiger partial charge in [-0.05, 0) is 40.0 Å². The van der Waals surface area contributed by atoms with Crippen LogP contribution in [0.4, 0.5) is 0 Å². The monoisotopic (exact) mass is 322 g/mol. The van der Waals surface area contributed by atoms with Crippen molar-refractivity contribution >= 4 is 15.9 Å². The van der Waals surface area contributed by atoms with Gasteiger partial charge in [-0.3, -0.25) is 4.98 Å². The van der Waals surface area contributed by atoms with Crippen molar-refractivity contribution in [2.24, 2.45) is 0 Å². The molecule has 0 aliphatic carbocycles. The van der Waals surface area contributed by atoms with Gasteiger partial charge >= 0.3 is 0 Å². The van der Waals surface area contributed by atoms with Crippen LogP contribution in [0.3, 0.4) is 0 Å². The molecule has 0 bridgehead atoms. The molecule has 100 valence electrons. The van der Waals surface area contributed by atoms with Crippen molar-refractivity contribution in [3.8, 4) is 11.6 Å². The maximum absolute atomic E-state index is 9.26. The van der Waals surface area contributed by atoms with Crippen molar-refractivity contribution < 1.29 is 9.84 Å². The number of aliphatic hydroxyl groups excluding tert-OH is 1. The molecule has 0 unspecified atom stereocenters. The fourth-order valence-electron chi connectivity index (χ4n) is 1.72. The molecule has 19 heavy (non-hydrogen) atoms. The van der Waals surface area contributed by atoms with Gasteiger partial charge in [0.2, 0.25) is 5.88 Å². The van der Waals surface area contributed by atoms with E-state index in [9.17, 15) is 5.11 Å². The summed E-state index contributed by atoms with van der Waals surface area (Å²) in [6.45, 7) is 2.07. The number of aryl methyl sites for hydroxylation is 1. The minimum Gasteiger partial charge on any atom is -0.437 e. The molecule has 4 nitrogen and oxygen atoms in total. The molecule has 0 radical (unpaired) electrons. The van der Waals surface area contributed by atoms with E-state index in [1.807, 2.05) is 12.1 Å².